The molecule has 0 unspecified atom stereocenters. The average Bonchev–Trinajstić information content (AvgIpc) is 1.58. The molecule has 0 aromatic rings. The number of thioether (sulfide) groups is 2. The predicted octanol–water partition coefficient (Wildman–Crippen LogP) is 3.80. The number of rotatable bonds is 2. The summed E-state index contributed by atoms with van der Waals surface area (Å²) < 4.78 is 0.875. The fourth-order valence-electron chi connectivity index (χ4n) is 0.305. The summed E-state index contributed by atoms with van der Waals surface area (Å²) in [4.78, 5) is 2.05. The van der Waals surface area contributed by atoms with Crippen LogP contribution in [0.15, 0.2) is 23.0 Å². The van der Waals surface area contributed by atoms with Crippen LogP contribution < -0.4 is 0 Å². The van der Waals surface area contributed by atoms with Gasteiger partial charge in [0.05, 0.1) is 0 Å². The van der Waals surface area contributed by atoms with Crippen LogP contribution in [0.4, 0.5) is 0 Å². The minimum absolute atomic E-state index is 0.875. The fourth-order valence-corrected chi connectivity index (χ4v) is 2.75. The van der Waals surface area contributed by atoms with Crippen LogP contribution in [0.5, 0.6) is 0 Å². The van der Waals surface area contributed by atoms with E-state index in [1.807, 2.05) is 13.8 Å². The molecule has 0 atom stereocenters. The first-order valence-corrected chi connectivity index (χ1v) is 4.77. The van der Waals surface area contributed by atoms with E-state index < -0.39 is 0 Å². The molecule has 0 N–H and O–H groups in total. The van der Waals surface area contributed by atoms with Crippen LogP contribution in [0.2, 0.25) is 0 Å². The van der Waals surface area contributed by atoms with Crippen molar-refractivity contribution >= 4 is 39.3 Å². The summed E-state index contributed by atoms with van der Waals surface area (Å²) >= 11 is 8.05. The summed E-state index contributed by atoms with van der Waals surface area (Å²) in [6, 6.07) is 0. The summed E-state index contributed by atoms with van der Waals surface area (Å²) in [5, 5.41) is 0. The van der Waals surface area contributed by atoms with Crippen molar-refractivity contribution in [2.24, 2.45) is 0 Å². The van der Waals surface area contributed by atoms with E-state index in [0.717, 1.165) is 13.3 Å². The molecule has 0 aliphatic rings. The molecule has 0 nitrogen and oxygen atoms in total. The summed E-state index contributed by atoms with van der Waals surface area (Å²) in [7, 11) is 0. The van der Waals surface area contributed by atoms with E-state index in [1.54, 1.807) is 0 Å². The zero-order valence-corrected chi connectivity index (χ0v) is 8.59. The first kappa shape index (κ1) is 10.3. The summed E-state index contributed by atoms with van der Waals surface area (Å²) in [6.45, 7) is 11.4. The Kier molecular flexibility index (Phi) is 5.13. The number of hydrogen-bond donors (Lipinski definition) is 0. The number of hydrogen-bond acceptors (Lipinski definition) is 3. The van der Waals surface area contributed by atoms with Crippen molar-refractivity contribution in [2.45, 2.75) is 13.8 Å². The zero-order chi connectivity index (χ0) is 8.15. The Balaban J connectivity index is 3.65. The van der Waals surface area contributed by atoms with Crippen molar-refractivity contribution in [3.63, 3.8) is 0 Å². The second-order valence-corrected chi connectivity index (χ2v) is 5.66. The normalized spacial score (nSPS) is 9.00. The lowest BCUT2D eigenvalue weighted by Crippen LogP contribution is -1.77. The minimum atomic E-state index is 0.875. The maximum absolute atomic E-state index is 5.01. The summed E-state index contributed by atoms with van der Waals surface area (Å²) in [5.41, 5.74) is 0. The Hall–Kier alpha value is 0.270. The van der Waals surface area contributed by atoms with Crippen LogP contribution in [-0.4, -0.2) is 3.53 Å². The molecule has 56 valence electrons. The third-order valence-corrected chi connectivity index (χ3v) is 2.55. The molecule has 0 aromatic carbocycles. The van der Waals surface area contributed by atoms with Gasteiger partial charge >= 0.3 is 0 Å². The molecular formula is C7H10S3. The van der Waals surface area contributed by atoms with E-state index in [-0.39, 0.29) is 0 Å². The monoisotopic (exact) mass is 190 g/mol. The lowest BCUT2D eigenvalue weighted by Gasteiger charge is -1.99. The molecule has 0 bridgehead atoms. The highest BCUT2D eigenvalue weighted by atomic mass is 32.2. The molecule has 0 saturated heterocycles. The lowest BCUT2D eigenvalue weighted by atomic mass is 10.8. The van der Waals surface area contributed by atoms with Gasteiger partial charge in [-0.2, -0.15) is 0 Å². The number of thiocarbonyl (C=S) groups is 1. The van der Waals surface area contributed by atoms with E-state index in [4.69, 9.17) is 12.2 Å². The van der Waals surface area contributed by atoms with Crippen molar-refractivity contribution in [1.29, 1.82) is 0 Å². The smallest absolute Gasteiger partial charge is 0.0894 e. The van der Waals surface area contributed by atoms with E-state index in [9.17, 15) is 0 Å². The van der Waals surface area contributed by atoms with Crippen molar-refractivity contribution in [2.75, 3.05) is 0 Å². The van der Waals surface area contributed by atoms with Gasteiger partial charge in [0.15, 0.2) is 0 Å². The predicted molar refractivity (Wildman–Crippen MR) is 57.4 cm³/mol. The van der Waals surface area contributed by atoms with Gasteiger partial charge in [0, 0.05) is 0 Å². The van der Waals surface area contributed by atoms with Gasteiger partial charge in [-0.3, -0.25) is 0 Å². The molecule has 0 heterocycles. The number of allylic oxidation sites excluding steroid dienone is 2. The fraction of sp³-hybridized carbons (Fsp3) is 0.286. The Morgan fingerprint density at radius 1 is 1.10 bits per heavy atom. The quantitative estimate of drug-likeness (QED) is 0.608. The lowest BCUT2D eigenvalue weighted by molar-refractivity contribution is 1.74. The SMILES string of the molecule is C=C(C)SC(=S)SC(=C)C. The molecule has 0 aliphatic heterocycles. The van der Waals surface area contributed by atoms with Gasteiger partial charge in [-0.25, -0.2) is 0 Å². The molecule has 0 amide bonds. The van der Waals surface area contributed by atoms with Crippen molar-refractivity contribution in [3.05, 3.63) is 23.0 Å². The molecule has 0 fully saturated rings. The molecule has 10 heavy (non-hydrogen) atoms. The zero-order valence-electron chi connectivity index (χ0n) is 6.14. The maximum Gasteiger partial charge on any atom is 0.113 e. The molecule has 0 aromatic heterocycles. The van der Waals surface area contributed by atoms with Gasteiger partial charge in [-0.1, -0.05) is 48.9 Å². The second-order valence-electron chi connectivity index (χ2n) is 1.86. The topological polar surface area (TPSA) is 0 Å². The molecular weight excluding hydrogens is 180 g/mol. The van der Waals surface area contributed by atoms with Crippen LogP contribution in [0.3, 0.4) is 0 Å². The van der Waals surface area contributed by atoms with Gasteiger partial charge in [0.2, 0.25) is 0 Å². The Morgan fingerprint density at radius 3 is 1.60 bits per heavy atom. The summed E-state index contributed by atoms with van der Waals surface area (Å²) in [5.74, 6) is 0. The highest BCUT2D eigenvalue weighted by Gasteiger charge is 1.97. The van der Waals surface area contributed by atoms with E-state index >= 15 is 0 Å². The maximum atomic E-state index is 5.01. The Bertz CT molecular complexity index is 152. The first-order valence-electron chi connectivity index (χ1n) is 2.73. The molecule has 0 rings (SSSR count). The minimum Gasteiger partial charge on any atom is -0.0894 e. The Labute approximate surface area is 76.2 Å². The Morgan fingerprint density at radius 2 is 1.40 bits per heavy atom. The van der Waals surface area contributed by atoms with E-state index in [1.165, 1.54) is 23.5 Å². The molecule has 0 spiro atoms. The van der Waals surface area contributed by atoms with Gasteiger partial charge in [0.25, 0.3) is 0 Å². The highest BCUT2D eigenvalue weighted by molar-refractivity contribution is 8.49. The van der Waals surface area contributed by atoms with Crippen LogP contribution in [0.25, 0.3) is 0 Å². The van der Waals surface area contributed by atoms with Gasteiger partial charge in [-0.05, 0) is 23.7 Å². The standard InChI is InChI=1S/C7H10S3/c1-5(2)9-7(8)10-6(3)4/h1,3H2,2,4H3. The summed E-state index contributed by atoms with van der Waals surface area (Å²) in [6.07, 6.45) is 0. The van der Waals surface area contributed by atoms with Crippen LogP contribution in [0, 0.1) is 0 Å². The van der Waals surface area contributed by atoms with Crippen molar-refractivity contribution in [1.82, 2.24) is 0 Å². The van der Waals surface area contributed by atoms with Gasteiger partial charge < -0.3 is 0 Å². The molecule has 3 heteroatoms. The third-order valence-electron chi connectivity index (χ3n) is 0.515. The first-order chi connectivity index (χ1) is 4.52. The average molecular weight is 190 g/mol. The largest absolute Gasteiger partial charge is 0.113 e. The van der Waals surface area contributed by atoms with E-state index in [2.05, 4.69) is 13.2 Å². The van der Waals surface area contributed by atoms with E-state index in [0.29, 0.717) is 0 Å². The highest BCUT2D eigenvalue weighted by Crippen LogP contribution is 2.27. The van der Waals surface area contributed by atoms with Crippen LogP contribution >= 0.6 is 35.7 Å². The molecule has 0 aliphatic carbocycles. The van der Waals surface area contributed by atoms with Crippen molar-refractivity contribution < 1.29 is 0 Å². The second kappa shape index (κ2) is 4.99. The third kappa shape index (κ3) is 6.39. The molecule has 0 radical (unpaired) electrons. The molecule has 0 saturated carbocycles. The van der Waals surface area contributed by atoms with Crippen molar-refractivity contribution in [3.8, 4) is 0 Å². The van der Waals surface area contributed by atoms with Gasteiger partial charge in [-0.15, -0.1) is 0 Å². The van der Waals surface area contributed by atoms with Crippen LogP contribution in [-0.2, 0) is 0 Å². The van der Waals surface area contributed by atoms with Crippen LogP contribution in [0.1, 0.15) is 13.8 Å². The van der Waals surface area contributed by atoms with Gasteiger partial charge in [0.1, 0.15) is 3.53 Å².